The first-order valence-corrected chi connectivity index (χ1v) is 13.3. The fourth-order valence-corrected chi connectivity index (χ4v) is 4.25. The largest absolute Gasteiger partial charge is 0.494 e. The first-order chi connectivity index (χ1) is 19.2. The van der Waals surface area contributed by atoms with E-state index in [1.807, 2.05) is 65.1 Å². The minimum atomic E-state index is -0.518. The molecule has 4 N–H and O–H groups in total. The van der Waals surface area contributed by atoms with Crippen LogP contribution >= 0.6 is 0 Å². The molecule has 0 aliphatic carbocycles. The summed E-state index contributed by atoms with van der Waals surface area (Å²) in [5.41, 5.74) is 8.74. The molecule has 0 spiro atoms. The molecule has 40 heavy (non-hydrogen) atoms. The van der Waals surface area contributed by atoms with Crippen molar-refractivity contribution in [3.8, 4) is 28.5 Å². The summed E-state index contributed by atoms with van der Waals surface area (Å²) < 4.78 is 33.6. The van der Waals surface area contributed by atoms with E-state index in [9.17, 15) is 0 Å². The quantitative estimate of drug-likeness (QED) is 0.133. The Balaban J connectivity index is 1.78. The molecule has 1 aromatic heterocycles. The molecule has 0 atom stereocenters. The van der Waals surface area contributed by atoms with Gasteiger partial charge >= 0.3 is 0 Å². The summed E-state index contributed by atoms with van der Waals surface area (Å²) in [5, 5.41) is 7.75. The van der Waals surface area contributed by atoms with Crippen molar-refractivity contribution in [1.82, 2.24) is 9.97 Å². The third kappa shape index (κ3) is 6.72. The van der Waals surface area contributed by atoms with E-state index >= 15 is 4.39 Å². The molecule has 0 radical (unpaired) electrons. The average Bonchev–Trinajstić information content (AvgIpc) is 3.37. The lowest BCUT2D eigenvalue weighted by Crippen LogP contribution is -2.20. The van der Waals surface area contributed by atoms with Gasteiger partial charge in [0.25, 0.3) is 0 Å². The number of imidazole rings is 1. The van der Waals surface area contributed by atoms with E-state index in [-0.39, 0.29) is 36.0 Å². The number of nitrogens with two attached hydrogens (primary N) is 1. The Hall–Kier alpha value is -4.53. The van der Waals surface area contributed by atoms with E-state index in [0.717, 1.165) is 11.3 Å². The SMILES string of the molecule is CCOc1cc(OC(C)C)c(F)c(N(Cc2nc(-c3ccccc3OC(C)C)c[nH]2)c2ccc(C(=N)N)cc2)c1. The number of rotatable bonds is 12. The number of nitrogens with one attached hydrogen (secondary N) is 2. The second-order valence-electron chi connectivity index (χ2n) is 9.80. The molecule has 1 heterocycles. The summed E-state index contributed by atoms with van der Waals surface area (Å²) in [6.07, 6.45) is 1.59. The monoisotopic (exact) mass is 545 g/mol. The van der Waals surface area contributed by atoms with Gasteiger partial charge in [-0.05, 0) is 71.0 Å². The zero-order chi connectivity index (χ0) is 28.8. The maximum atomic E-state index is 16.0. The van der Waals surface area contributed by atoms with Crippen LogP contribution in [-0.4, -0.2) is 34.6 Å². The minimum absolute atomic E-state index is 0.0101. The highest BCUT2D eigenvalue weighted by atomic mass is 19.1. The number of nitrogen functional groups attached to an aromatic ring is 1. The zero-order valence-electron chi connectivity index (χ0n) is 23.5. The van der Waals surface area contributed by atoms with Crippen LogP contribution in [-0.2, 0) is 6.54 Å². The van der Waals surface area contributed by atoms with Crippen LogP contribution in [0.5, 0.6) is 17.2 Å². The number of hydrogen-bond acceptors (Lipinski definition) is 6. The van der Waals surface area contributed by atoms with Gasteiger partial charge in [0.05, 0.1) is 36.7 Å². The Kier molecular flexibility index (Phi) is 8.93. The molecule has 0 unspecified atom stereocenters. The van der Waals surface area contributed by atoms with Gasteiger partial charge < -0.3 is 29.8 Å². The maximum Gasteiger partial charge on any atom is 0.188 e. The highest BCUT2D eigenvalue weighted by Gasteiger charge is 2.22. The third-order valence-corrected chi connectivity index (χ3v) is 5.91. The predicted molar refractivity (Wildman–Crippen MR) is 156 cm³/mol. The van der Waals surface area contributed by atoms with Crippen molar-refractivity contribution >= 4 is 17.2 Å². The minimum Gasteiger partial charge on any atom is -0.494 e. The Bertz CT molecular complexity index is 1450. The van der Waals surface area contributed by atoms with Crippen molar-refractivity contribution in [3.63, 3.8) is 0 Å². The van der Waals surface area contributed by atoms with Crippen molar-refractivity contribution in [2.75, 3.05) is 11.5 Å². The molecule has 4 aromatic rings. The lowest BCUT2D eigenvalue weighted by atomic mass is 10.1. The normalized spacial score (nSPS) is 11.1. The number of ether oxygens (including phenoxy) is 3. The molecule has 0 fully saturated rings. The van der Waals surface area contributed by atoms with E-state index in [1.165, 1.54) is 0 Å². The van der Waals surface area contributed by atoms with E-state index in [4.69, 9.17) is 30.3 Å². The number of H-pyrrole nitrogens is 1. The number of para-hydroxylation sites is 1. The number of halogens is 1. The maximum absolute atomic E-state index is 16.0. The van der Waals surface area contributed by atoms with Crippen LogP contribution in [0.3, 0.4) is 0 Å². The number of anilines is 2. The number of aromatic amines is 1. The van der Waals surface area contributed by atoms with Gasteiger partial charge in [-0.2, -0.15) is 0 Å². The molecule has 0 aliphatic rings. The summed E-state index contributed by atoms with van der Waals surface area (Å²) in [4.78, 5) is 9.86. The van der Waals surface area contributed by atoms with Crippen molar-refractivity contribution < 1.29 is 18.6 Å². The van der Waals surface area contributed by atoms with Gasteiger partial charge in [-0.15, -0.1) is 0 Å². The van der Waals surface area contributed by atoms with Crippen molar-refractivity contribution in [3.05, 3.63) is 84.1 Å². The molecule has 0 bridgehead atoms. The van der Waals surface area contributed by atoms with Crippen LogP contribution in [0.15, 0.2) is 66.9 Å². The summed E-state index contributed by atoms with van der Waals surface area (Å²) in [5.74, 6) is 1.36. The molecular weight excluding hydrogens is 509 g/mol. The lowest BCUT2D eigenvalue weighted by Gasteiger charge is -2.26. The standard InChI is InChI=1S/C31H36FN5O3/c1-6-38-23-15-26(30(32)28(16-23)40-20(4)5)37(22-13-11-21(12-14-22)31(33)34)18-29-35-17-25(36-29)24-9-7-8-10-27(24)39-19(2)3/h7-17,19-20H,6,18H2,1-5H3,(H3,33,34)(H,35,36). The Morgan fingerprint density at radius 2 is 1.68 bits per heavy atom. The summed E-state index contributed by atoms with van der Waals surface area (Å²) in [7, 11) is 0. The van der Waals surface area contributed by atoms with Crippen LogP contribution in [0.1, 0.15) is 46.0 Å². The number of nitrogens with zero attached hydrogens (tertiary/aromatic N) is 2. The zero-order valence-corrected chi connectivity index (χ0v) is 23.5. The van der Waals surface area contributed by atoms with Gasteiger partial charge in [-0.25, -0.2) is 9.37 Å². The smallest absolute Gasteiger partial charge is 0.188 e. The van der Waals surface area contributed by atoms with Crippen molar-refractivity contribution in [2.24, 2.45) is 5.73 Å². The van der Waals surface area contributed by atoms with Gasteiger partial charge in [0.1, 0.15) is 23.2 Å². The molecule has 210 valence electrons. The van der Waals surface area contributed by atoms with E-state index < -0.39 is 5.82 Å². The molecule has 0 aliphatic heterocycles. The Morgan fingerprint density at radius 1 is 1.00 bits per heavy atom. The number of amidine groups is 1. The summed E-state index contributed by atoms with van der Waals surface area (Å²) >= 11 is 0. The fraction of sp³-hybridized carbons (Fsp3) is 0.290. The third-order valence-electron chi connectivity index (χ3n) is 5.91. The van der Waals surface area contributed by atoms with Gasteiger partial charge in [0.2, 0.25) is 0 Å². The van der Waals surface area contributed by atoms with Crippen LogP contribution in [0.2, 0.25) is 0 Å². The first kappa shape index (κ1) is 28.5. The lowest BCUT2D eigenvalue weighted by molar-refractivity contribution is 0.229. The van der Waals surface area contributed by atoms with Crippen molar-refractivity contribution in [2.45, 2.75) is 53.4 Å². The Labute approximate surface area is 234 Å². The molecule has 8 nitrogen and oxygen atoms in total. The van der Waals surface area contributed by atoms with Crippen LogP contribution in [0.25, 0.3) is 11.3 Å². The van der Waals surface area contributed by atoms with E-state index in [2.05, 4.69) is 4.98 Å². The van der Waals surface area contributed by atoms with E-state index in [1.54, 1.807) is 41.3 Å². The van der Waals surface area contributed by atoms with Gasteiger partial charge in [-0.3, -0.25) is 5.41 Å². The van der Waals surface area contributed by atoms with Crippen LogP contribution in [0.4, 0.5) is 15.8 Å². The molecule has 0 saturated heterocycles. The van der Waals surface area contributed by atoms with Gasteiger partial charge in [-0.1, -0.05) is 12.1 Å². The van der Waals surface area contributed by atoms with Crippen LogP contribution < -0.4 is 24.8 Å². The number of hydrogen-bond donors (Lipinski definition) is 3. The van der Waals surface area contributed by atoms with Gasteiger partial charge in [0.15, 0.2) is 11.6 Å². The number of benzene rings is 3. The fourth-order valence-electron chi connectivity index (χ4n) is 4.25. The number of aromatic nitrogens is 2. The Morgan fingerprint density at radius 3 is 2.33 bits per heavy atom. The van der Waals surface area contributed by atoms with Crippen molar-refractivity contribution in [1.29, 1.82) is 5.41 Å². The van der Waals surface area contributed by atoms with E-state index in [0.29, 0.717) is 35.1 Å². The second kappa shape index (κ2) is 12.5. The topological polar surface area (TPSA) is 109 Å². The molecule has 3 aromatic carbocycles. The highest BCUT2D eigenvalue weighted by molar-refractivity contribution is 5.95. The van der Waals surface area contributed by atoms with Gasteiger partial charge in [0, 0.05) is 35.1 Å². The molecule has 4 rings (SSSR count). The molecular formula is C31H36FN5O3. The first-order valence-electron chi connectivity index (χ1n) is 13.3. The summed E-state index contributed by atoms with van der Waals surface area (Å²) in [6, 6.07) is 18.0. The molecule has 0 saturated carbocycles. The molecule has 0 amide bonds. The average molecular weight is 546 g/mol. The summed E-state index contributed by atoms with van der Waals surface area (Å²) in [6.45, 7) is 10.1. The highest BCUT2D eigenvalue weighted by Crippen LogP contribution is 2.38. The molecule has 9 heteroatoms. The predicted octanol–water partition coefficient (Wildman–Crippen LogP) is 6.81. The van der Waals surface area contributed by atoms with Crippen LogP contribution in [0, 0.1) is 11.2 Å². The second-order valence-corrected chi connectivity index (χ2v) is 9.80.